The number of nitrogens with zero attached hydrogens (tertiary/aromatic N) is 2. The molecule has 2 heterocycles. The lowest BCUT2D eigenvalue weighted by Crippen LogP contribution is -2.38. The minimum absolute atomic E-state index is 0.199. The van der Waals surface area contributed by atoms with Crippen LogP contribution in [0, 0.1) is 10.8 Å². The van der Waals surface area contributed by atoms with Crippen molar-refractivity contribution in [3.8, 4) is 0 Å². The highest BCUT2D eigenvalue weighted by atomic mass is 16.6. The van der Waals surface area contributed by atoms with Crippen molar-refractivity contribution >= 4 is 11.6 Å². The number of hydrogen-bond donors (Lipinski definition) is 0. The van der Waals surface area contributed by atoms with Gasteiger partial charge in [-0.05, 0) is 74.1 Å². The number of pyridine rings is 1. The minimum atomic E-state index is -0.468. The van der Waals surface area contributed by atoms with Gasteiger partial charge in [0.1, 0.15) is 5.60 Å². The zero-order valence-corrected chi connectivity index (χ0v) is 16.6. The molecule has 0 atom stereocenters. The zero-order valence-electron chi connectivity index (χ0n) is 16.6. The van der Waals surface area contributed by atoms with Gasteiger partial charge in [0, 0.05) is 24.5 Å². The topological polar surface area (TPSA) is 34.0 Å². The lowest BCUT2D eigenvalue weighted by molar-refractivity contribution is 0.0209. The molecule has 0 N–H and O–H groups in total. The van der Waals surface area contributed by atoms with Crippen LogP contribution in [0.5, 0.6) is 0 Å². The van der Waals surface area contributed by atoms with E-state index in [-0.39, 0.29) is 6.09 Å². The second-order valence-corrected chi connectivity index (χ2v) is 9.60. The molecule has 0 spiro atoms. The molecule has 0 radical (unpaired) electrons. The Hall–Kier alpha value is -1.97. The summed E-state index contributed by atoms with van der Waals surface area (Å²) in [6, 6.07) is 6.48. The number of hydrogen-bond acceptors (Lipinski definition) is 2. The molecule has 0 aromatic carbocycles. The third-order valence-corrected chi connectivity index (χ3v) is 6.12. The second kappa shape index (κ2) is 5.51. The molecule has 4 nitrogen and oxygen atoms in total. The van der Waals surface area contributed by atoms with Gasteiger partial charge in [0.15, 0.2) is 0 Å². The average Bonchev–Trinajstić information content (AvgIpc) is 3.18. The summed E-state index contributed by atoms with van der Waals surface area (Å²) in [7, 11) is 0. The Morgan fingerprint density at radius 1 is 1.23 bits per heavy atom. The van der Waals surface area contributed by atoms with Crippen molar-refractivity contribution in [1.29, 1.82) is 0 Å². The maximum absolute atomic E-state index is 12.8. The summed E-state index contributed by atoms with van der Waals surface area (Å²) < 4.78 is 7.85. The van der Waals surface area contributed by atoms with Gasteiger partial charge in [-0.15, -0.1) is 0 Å². The summed E-state index contributed by atoms with van der Waals surface area (Å²) in [5.74, 6) is 0. The van der Waals surface area contributed by atoms with E-state index in [4.69, 9.17) is 4.74 Å². The molecule has 26 heavy (non-hydrogen) atoms. The fraction of sp³-hybridized carbons (Fsp3) is 0.591. The molecule has 4 heteroatoms. The van der Waals surface area contributed by atoms with Gasteiger partial charge < -0.3 is 14.0 Å². The first-order valence-corrected chi connectivity index (χ1v) is 9.71. The smallest absolute Gasteiger partial charge is 0.410 e. The van der Waals surface area contributed by atoms with E-state index < -0.39 is 5.60 Å². The van der Waals surface area contributed by atoms with Crippen LogP contribution in [0.3, 0.4) is 0 Å². The maximum atomic E-state index is 12.8. The normalized spacial score (nSPS) is 26.5. The van der Waals surface area contributed by atoms with Crippen LogP contribution >= 0.6 is 0 Å². The standard InChI is InChI=1S/C22H30N2O2/c1-6-16-9-18-8-7-17(11-23(18)10-16)12-24(19(25)26-20(2,3)4)15-22-13-21(22,5)14-22/h7-11H,6,12-15H2,1-5H3. The molecule has 4 rings (SSSR count). The average molecular weight is 354 g/mol. The molecule has 2 aliphatic rings. The summed E-state index contributed by atoms with van der Waals surface area (Å²) in [5, 5.41) is 0. The highest BCUT2D eigenvalue weighted by Gasteiger charge is 2.80. The van der Waals surface area contributed by atoms with E-state index in [1.807, 2.05) is 25.7 Å². The van der Waals surface area contributed by atoms with Gasteiger partial charge in [-0.25, -0.2) is 4.79 Å². The second-order valence-electron chi connectivity index (χ2n) is 9.60. The van der Waals surface area contributed by atoms with Crippen molar-refractivity contribution in [2.45, 2.75) is 66.0 Å². The van der Waals surface area contributed by atoms with Crippen LogP contribution in [-0.4, -0.2) is 27.5 Å². The Morgan fingerprint density at radius 2 is 1.88 bits per heavy atom. The number of ether oxygens (including phenoxy) is 1. The van der Waals surface area contributed by atoms with Crippen LogP contribution in [0.2, 0.25) is 0 Å². The van der Waals surface area contributed by atoms with Crippen molar-refractivity contribution in [2.24, 2.45) is 10.8 Å². The minimum Gasteiger partial charge on any atom is -0.444 e. The van der Waals surface area contributed by atoms with Crippen LogP contribution in [-0.2, 0) is 17.7 Å². The van der Waals surface area contributed by atoms with Gasteiger partial charge in [-0.2, -0.15) is 0 Å². The Balaban J connectivity index is 1.54. The van der Waals surface area contributed by atoms with Crippen molar-refractivity contribution in [3.63, 3.8) is 0 Å². The van der Waals surface area contributed by atoms with Crippen LogP contribution < -0.4 is 0 Å². The number of rotatable bonds is 5. The van der Waals surface area contributed by atoms with Gasteiger partial charge in [0.2, 0.25) is 0 Å². The predicted molar refractivity (Wildman–Crippen MR) is 103 cm³/mol. The number of aromatic nitrogens is 1. The lowest BCUT2D eigenvalue weighted by atomic mass is 10.1. The van der Waals surface area contributed by atoms with Crippen LogP contribution in [0.15, 0.2) is 30.6 Å². The third kappa shape index (κ3) is 3.10. The van der Waals surface area contributed by atoms with E-state index in [1.54, 1.807) is 0 Å². The summed E-state index contributed by atoms with van der Waals surface area (Å²) in [6.45, 7) is 11.7. The predicted octanol–water partition coefficient (Wildman–Crippen LogP) is 5.04. The van der Waals surface area contributed by atoms with Gasteiger partial charge in [0.25, 0.3) is 0 Å². The molecule has 2 fully saturated rings. The molecule has 140 valence electrons. The first-order chi connectivity index (χ1) is 12.1. The number of amides is 1. The molecule has 2 saturated carbocycles. The fourth-order valence-electron chi connectivity index (χ4n) is 4.26. The molecular formula is C22H30N2O2. The third-order valence-electron chi connectivity index (χ3n) is 6.12. The van der Waals surface area contributed by atoms with Gasteiger partial charge in [-0.1, -0.05) is 19.9 Å². The highest BCUT2D eigenvalue weighted by Crippen LogP contribution is 2.85. The highest BCUT2D eigenvalue weighted by molar-refractivity contribution is 5.68. The molecule has 0 unspecified atom stereocenters. The first-order valence-electron chi connectivity index (χ1n) is 9.71. The number of carbonyl (C=O) groups is 1. The molecule has 2 aromatic heterocycles. The van der Waals surface area contributed by atoms with E-state index in [2.05, 4.69) is 48.8 Å². The molecule has 0 saturated heterocycles. The van der Waals surface area contributed by atoms with Crippen LogP contribution in [0.25, 0.3) is 5.52 Å². The zero-order chi connectivity index (χ0) is 18.7. The molecule has 1 amide bonds. The fourth-order valence-corrected chi connectivity index (χ4v) is 4.26. The van der Waals surface area contributed by atoms with E-state index in [0.29, 0.717) is 17.4 Å². The molecule has 0 bridgehead atoms. The lowest BCUT2D eigenvalue weighted by Gasteiger charge is -2.28. The largest absolute Gasteiger partial charge is 0.444 e. The summed E-state index contributed by atoms with van der Waals surface area (Å²) in [6.07, 6.45) is 7.64. The molecule has 0 aliphatic heterocycles. The summed E-state index contributed by atoms with van der Waals surface area (Å²) in [5.41, 5.74) is 4.04. The van der Waals surface area contributed by atoms with Crippen LogP contribution in [0.1, 0.15) is 58.6 Å². The quantitative estimate of drug-likeness (QED) is 0.754. The Labute approximate surface area is 156 Å². The van der Waals surface area contributed by atoms with E-state index in [9.17, 15) is 4.79 Å². The van der Waals surface area contributed by atoms with Gasteiger partial charge in [0.05, 0.1) is 6.54 Å². The summed E-state index contributed by atoms with van der Waals surface area (Å²) >= 11 is 0. The number of carbonyl (C=O) groups excluding carboxylic acids is 1. The van der Waals surface area contributed by atoms with Gasteiger partial charge in [-0.3, -0.25) is 0 Å². The van der Waals surface area contributed by atoms with Crippen molar-refractivity contribution in [2.75, 3.05) is 6.54 Å². The monoisotopic (exact) mass is 354 g/mol. The maximum Gasteiger partial charge on any atom is 0.410 e. The SMILES string of the molecule is CCc1cc2ccc(CN(CC34CC3(C)C4)C(=O)OC(C)(C)C)cn2c1. The number of fused-ring (bicyclic) bond motifs is 2. The Bertz CT molecular complexity index is 853. The Kier molecular flexibility index (Phi) is 3.70. The number of aryl methyl sites for hydroxylation is 1. The molecular weight excluding hydrogens is 324 g/mol. The molecule has 2 aliphatic carbocycles. The van der Waals surface area contributed by atoms with E-state index >= 15 is 0 Å². The Morgan fingerprint density at radius 3 is 2.46 bits per heavy atom. The van der Waals surface area contributed by atoms with E-state index in [1.165, 1.54) is 23.9 Å². The van der Waals surface area contributed by atoms with Crippen molar-refractivity contribution in [1.82, 2.24) is 9.30 Å². The summed E-state index contributed by atoms with van der Waals surface area (Å²) in [4.78, 5) is 14.7. The van der Waals surface area contributed by atoms with Crippen LogP contribution in [0.4, 0.5) is 4.79 Å². The molecule has 2 aromatic rings. The van der Waals surface area contributed by atoms with E-state index in [0.717, 1.165) is 18.5 Å². The first kappa shape index (κ1) is 17.4. The van der Waals surface area contributed by atoms with Crippen molar-refractivity contribution < 1.29 is 9.53 Å². The van der Waals surface area contributed by atoms with Crippen molar-refractivity contribution in [3.05, 3.63) is 41.7 Å². The van der Waals surface area contributed by atoms with Gasteiger partial charge >= 0.3 is 6.09 Å².